The van der Waals surface area contributed by atoms with Crippen LogP contribution in [0.2, 0.25) is 0 Å². The Balaban J connectivity index is 1.83. The zero-order valence-corrected chi connectivity index (χ0v) is 17.5. The molecule has 5 nitrogen and oxygen atoms in total. The van der Waals surface area contributed by atoms with Gasteiger partial charge in [0.2, 0.25) is 0 Å². The first-order valence-electron chi connectivity index (χ1n) is 9.89. The molecular weight excluding hydrogens is 374 g/mol. The standard InChI is InChI=1S/C22H27NO4S/c1-4-16(27-17-12-8-6-10-14(17)3)20(24)23-21-19(22(25)26-5-2)15-11-7-9-13-18(15)28-21/h6,8,10,12,16H,4-5,7,9,11,13H2,1-3H3,(H,23,24). The maximum atomic E-state index is 12.9. The summed E-state index contributed by atoms with van der Waals surface area (Å²) < 4.78 is 11.2. The summed E-state index contributed by atoms with van der Waals surface area (Å²) in [6.45, 7) is 5.96. The lowest BCUT2D eigenvalue weighted by Gasteiger charge is -2.18. The van der Waals surface area contributed by atoms with E-state index < -0.39 is 6.10 Å². The molecule has 2 aromatic rings. The molecule has 3 rings (SSSR count). The van der Waals surface area contributed by atoms with Crippen LogP contribution in [0.3, 0.4) is 0 Å². The summed E-state index contributed by atoms with van der Waals surface area (Å²) in [7, 11) is 0. The number of nitrogens with one attached hydrogen (secondary N) is 1. The molecule has 1 aromatic carbocycles. The molecule has 0 fully saturated rings. The highest BCUT2D eigenvalue weighted by Gasteiger charge is 2.29. The Morgan fingerprint density at radius 3 is 2.64 bits per heavy atom. The highest BCUT2D eigenvalue weighted by molar-refractivity contribution is 7.17. The molecule has 0 radical (unpaired) electrons. The maximum Gasteiger partial charge on any atom is 0.341 e. The fraction of sp³-hybridized carbons (Fsp3) is 0.455. The Morgan fingerprint density at radius 1 is 1.18 bits per heavy atom. The van der Waals surface area contributed by atoms with Gasteiger partial charge in [-0.25, -0.2) is 4.79 Å². The van der Waals surface area contributed by atoms with Crippen LogP contribution in [0.1, 0.15) is 59.5 Å². The van der Waals surface area contributed by atoms with Gasteiger partial charge in [0, 0.05) is 4.88 Å². The van der Waals surface area contributed by atoms with Crippen molar-refractivity contribution in [1.82, 2.24) is 0 Å². The van der Waals surface area contributed by atoms with Crippen molar-refractivity contribution in [3.8, 4) is 5.75 Å². The number of fused-ring (bicyclic) bond motifs is 1. The normalized spacial score (nSPS) is 14.1. The third kappa shape index (κ3) is 4.38. The van der Waals surface area contributed by atoms with E-state index in [4.69, 9.17) is 9.47 Å². The Kier molecular flexibility index (Phi) is 6.73. The van der Waals surface area contributed by atoms with Crippen LogP contribution in [0.5, 0.6) is 5.75 Å². The first-order chi connectivity index (χ1) is 13.5. The van der Waals surface area contributed by atoms with Gasteiger partial charge in [-0.05, 0) is 63.1 Å². The summed E-state index contributed by atoms with van der Waals surface area (Å²) in [5, 5.41) is 3.54. The van der Waals surface area contributed by atoms with Gasteiger partial charge in [-0.15, -0.1) is 11.3 Å². The number of hydrogen-bond donors (Lipinski definition) is 1. The van der Waals surface area contributed by atoms with Crippen LogP contribution in [0, 0.1) is 6.92 Å². The van der Waals surface area contributed by atoms with Gasteiger partial charge >= 0.3 is 5.97 Å². The maximum absolute atomic E-state index is 12.9. The highest BCUT2D eigenvalue weighted by Crippen LogP contribution is 2.38. The van der Waals surface area contributed by atoms with Crippen molar-refractivity contribution in [3.63, 3.8) is 0 Å². The van der Waals surface area contributed by atoms with Crippen molar-refractivity contribution >= 4 is 28.2 Å². The second-order valence-corrected chi connectivity index (χ2v) is 8.01. The van der Waals surface area contributed by atoms with Crippen molar-refractivity contribution < 1.29 is 19.1 Å². The monoisotopic (exact) mass is 401 g/mol. The van der Waals surface area contributed by atoms with E-state index in [1.54, 1.807) is 6.92 Å². The minimum atomic E-state index is -0.629. The SMILES string of the molecule is CCOC(=O)c1c(NC(=O)C(CC)Oc2ccccc2C)sc2c1CCCC2. The Morgan fingerprint density at radius 2 is 1.93 bits per heavy atom. The number of rotatable bonds is 7. The van der Waals surface area contributed by atoms with E-state index in [0.717, 1.165) is 36.8 Å². The first kappa shape index (κ1) is 20.4. The molecule has 1 aliphatic carbocycles. The molecule has 0 saturated carbocycles. The molecule has 0 spiro atoms. The number of thiophene rings is 1. The van der Waals surface area contributed by atoms with Gasteiger partial charge in [-0.1, -0.05) is 25.1 Å². The van der Waals surface area contributed by atoms with E-state index in [1.165, 1.54) is 16.2 Å². The third-order valence-electron chi connectivity index (χ3n) is 4.91. The van der Waals surface area contributed by atoms with Gasteiger partial charge in [0.1, 0.15) is 10.8 Å². The Hall–Kier alpha value is -2.34. The van der Waals surface area contributed by atoms with Gasteiger partial charge in [0.15, 0.2) is 6.10 Å². The van der Waals surface area contributed by atoms with Crippen molar-refractivity contribution in [1.29, 1.82) is 0 Å². The van der Waals surface area contributed by atoms with Crippen molar-refractivity contribution in [2.75, 3.05) is 11.9 Å². The van der Waals surface area contributed by atoms with Crippen LogP contribution in [-0.2, 0) is 22.4 Å². The summed E-state index contributed by atoms with van der Waals surface area (Å²) in [6, 6.07) is 7.63. The molecule has 28 heavy (non-hydrogen) atoms. The third-order valence-corrected chi connectivity index (χ3v) is 6.12. The Bertz CT molecular complexity index is 858. The lowest BCUT2D eigenvalue weighted by molar-refractivity contribution is -0.122. The van der Waals surface area contributed by atoms with Crippen molar-refractivity contribution in [2.24, 2.45) is 0 Å². The fourth-order valence-corrected chi connectivity index (χ4v) is 4.71. The number of para-hydroxylation sites is 1. The average molecular weight is 402 g/mol. The summed E-state index contributed by atoms with van der Waals surface area (Å²) >= 11 is 1.49. The van der Waals surface area contributed by atoms with E-state index in [-0.39, 0.29) is 11.9 Å². The van der Waals surface area contributed by atoms with Crippen LogP contribution >= 0.6 is 11.3 Å². The van der Waals surface area contributed by atoms with Crippen molar-refractivity contribution in [2.45, 2.75) is 59.0 Å². The van der Waals surface area contributed by atoms with Gasteiger partial charge in [-0.3, -0.25) is 4.79 Å². The molecule has 1 amide bonds. The largest absolute Gasteiger partial charge is 0.480 e. The topological polar surface area (TPSA) is 64.6 Å². The highest BCUT2D eigenvalue weighted by atomic mass is 32.1. The number of benzene rings is 1. The number of carbonyl (C=O) groups excluding carboxylic acids is 2. The van der Waals surface area contributed by atoms with Gasteiger partial charge in [0.05, 0.1) is 12.2 Å². The average Bonchev–Trinajstić information content (AvgIpc) is 3.05. The molecule has 150 valence electrons. The summed E-state index contributed by atoms with van der Waals surface area (Å²) in [6.07, 6.45) is 3.86. The van der Waals surface area contributed by atoms with Crippen LogP contribution < -0.4 is 10.1 Å². The Labute approximate surface area is 170 Å². The minimum Gasteiger partial charge on any atom is -0.480 e. The smallest absolute Gasteiger partial charge is 0.341 e. The zero-order valence-electron chi connectivity index (χ0n) is 16.7. The van der Waals surface area contributed by atoms with E-state index in [2.05, 4.69) is 5.32 Å². The summed E-state index contributed by atoms with van der Waals surface area (Å²) in [5.41, 5.74) is 2.55. The molecule has 1 aromatic heterocycles. The first-order valence-corrected chi connectivity index (χ1v) is 10.7. The number of aryl methyl sites for hydroxylation is 2. The molecule has 1 N–H and O–H groups in total. The fourth-order valence-electron chi connectivity index (χ4n) is 3.43. The van der Waals surface area contributed by atoms with E-state index in [9.17, 15) is 9.59 Å². The van der Waals surface area contributed by atoms with Crippen LogP contribution in [-0.4, -0.2) is 24.6 Å². The summed E-state index contributed by atoms with van der Waals surface area (Å²) in [4.78, 5) is 26.7. The predicted octanol–water partition coefficient (Wildman–Crippen LogP) is 4.91. The molecule has 1 heterocycles. The minimum absolute atomic E-state index is 0.241. The molecular formula is C22H27NO4S. The van der Waals surface area contributed by atoms with Gasteiger partial charge in [-0.2, -0.15) is 0 Å². The number of amides is 1. The molecule has 0 bridgehead atoms. The van der Waals surface area contributed by atoms with E-state index in [1.807, 2.05) is 38.1 Å². The van der Waals surface area contributed by atoms with E-state index in [0.29, 0.717) is 29.3 Å². The molecule has 6 heteroatoms. The molecule has 0 aliphatic heterocycles. The zero-order chi connectivity index (χ0) is 20.1. The quantitative estimate of drug-likeness (QED) is 0.670. The van der Waals surface area contributed by atoms with Crippen LogP contribution in [0.4, 0.5) is 5.00 Å². The van der Waals surface area contributed by atoms with E-state index >= 15 is 0 Å². The molecule has 1 aliphatic rings. The number of carbonyl (C=O) groups is 2. The second kappa shape index (κ2) is 9.24. The van der Waals surface area contributed by atoms with Crippen molar-refractivity contribution in [3.05, 3.63) is 45.8 Å². The second-order valence-electron chi connectivity index (χ2n) is 6.90. The predicted molar refractivity (Wildman–Crippen MR) is 111 cm³/mol. The number of anilines is 1. The number of esters is 1. The van der Waals surface area contributed by atoms with Gasteiger partial charge < -0.3 is 14.8 Å². The summed E-state index contributed by atoms with van der Waals surface area (Å²) in [5.74, 6) is 0.0977. The number of hydrogen-bond acceptors (Lipinski definition) is 5. The molecule has 1 unspecified atom stereocenters. The lowest BCUT2D eigenvalue weighted by atomic mass is 9.95. The molecule has 0 saturated heterocycles. The van der Waals surface area contributed by atoms with Crippen LogP contribution in [0.25, 0.3) is 0 Å². The number of ether oxygens (including phenoxy) is 2. The van der Waals surface area contributed by atoms with Gasteiger partial charge in [0.25, 0.3) is 5.91 Å². The molecule has 1 atom stereocenters. The lowest BCUT2D eigenvalue weighted by Crippen LogP contribution is -2.32. The van der Waals surface area contributed by atoms with Crippen LogP contribution in [0.15, 0.2) is 24.3 Å².